The van der Waals surface area contributed by atoms with E-state index >= 15 is 0 Å². The maximum atomic E-state index is 3.90. The highest BCUT2D eigenvalue weighted by molar-refractivity contribution is 6.13. The van der Waals surface area contributed by atoms with Crippen molar-refractivity contribution in [1.82, 2.24) is 14.7 Å². The van der Waals surface area contributed by atoms with Crippen molar-refractivity contribution in [3.05, 3.63) is 87.8 Å². The van der Waals surface area contributed by atoms with E-state index in [1.165, 1.54) is 0 Å². The molecular formula is C21H35N3Si. The summed E-state index contributed by atoms with van der Waals surface area (Å²) >= 11 is 0. The molecule has 0 aliphatic carbocycles. The van der Waals surface area contributed by atoms with Crippen molar-refractivity contribution < 1.29 is 0 Å². The Balaban J connectivity index is 5.83. The number of hydrogen-bond acceptors (Lipinski definition) is 3. The lowest BCUT2D eigenvalue weighted by Crippen LogP contribution is -2.40. The Morgan fingerprint density at radius 3 is 1.24 bits per heavy atom. The summed E-state index contributed by atoms with van der Waals surface area (Å²) in [6, 6.07) is 0. The van der Waals surface area contributed by atoms with E-state index in [9.17, 15) is 0 Å². The largest absolute Gasteiger partial charge is 0.351 e. The zero-order valence-corrected chi connectivity index (χ0v) is 17.9. The predicted molar refractivity (Wildman–Crippen MR) is 118 cm³/mol. The molecule has 0 amide bonds. The SMILES string of the molecule is C=CCN(CC=C)C(=CC([SiH3])N(CC=C)CC=C)N(CC=C)CC=C. The minimum Gasteiger partial charge on any atom is -0.351 e. The molecule has 0 radical (unpaired) electrons. The van der Waals surface area contributed by atoms with Crippen LogP contribution in [0.25, 0.3) is 0 Å². The molecule has 25 heavy (non-hydrogen) atoms. The van der Waals surface area contributed by atoms with Crippen LogP contribution in [0.2, 0.25) is 0 Å². The molecule has 0 spiro atoms. The molecule has 0 bridgehead atoms. The Morgan fingerprint density at radius 1 is 0.640 bits per heavy atom. The summed E-state index contributed by atoms with van der Waals surface area (Å²) in [5.74, 6) is 1.16. The first kappa shape index (κ1) is 23.0. The maximum absolute atomic E-state index is 3.90. The van der Waals surface area contributed by atoms with E-state index in [0.717, 1.165) is 55.3 Å². The molecule has 1 unspecified atom stereocenters. The van der Waals surface area contributed by atoms with Crippen molar-refractivity contribution in [3.63, 3.8) is 0 Å². The molecule has 0 aromatic rings. The summed E-state index contributed by atoms with van der Waals surface area (Å²) in [6.45, 7) is 28.1. The minimum absolute atomic E-state index is 0.361. The molecule has 0 saturated carbocycles. The van der Waals surface area contributed by atoms with E-state index in [4.69, 9.17) is 0 Å². The predicted octanol–water partition coefficient (Wildman–Crippen LogP) is 2.54. The summed E-state index contributed by atoms with van der Waals surface area (Å²) in [5, 5.41) is 0. The Hall–Kier alpha value is -2.04. The van der Waals surface area contributed by atoms with Crippen LogP contribution in [0.5, 0.6) is 0 Å². The summed E-state index contributed by atoms with van der Waals surface area (Å²) < 4.78 is 0. The average molecular weight is 358 g/mol. The van der Waals surface area contributed by atoms with E-state index in [2.05, 4.69) is 60.2 Å². The average Bonchev–Trinajstić information content (AvgIpc) is 2.59. The molecule has 4 heteroatoms. The lowest BCUT2D eigenvalue weighted by molar-refractivity contribution is 0.256. The highest BCUT2D eigenvalue weighted by Gasteiger charge is 2.17. The van der Waals surface area contributed by atoms with Crippen LogP contribution < -0.4 is 0 Å². The lowest BCUT2D eigenvalue weighted by Gasteiger charge is -2.36. The molecular weight excluding hydrogens is 322 g/mol. The van der Waals surface area contributed by atoms with Crippen LogP contribution in [0.3, 0.4) is 0 Å². The van der Waals surface area contributed by atoms with Gasteiger partial charge >= 0.3 is 0 Å². The zero-order chi connectivity index (χ0) is 19.1. The van der Waals surface area contributed by atoms with Crippen LogP contribution in [-0.2, 0) is 0 Å². The first-order valence-corrected chi connectivity index (χ1v) is 9.86. The third-order valence-electron chi connectivity index (χ3n) is 3.74. The summed E-state index contributed by atoms with van der Waals surface area (Å²) in [5.41, 5.74) is 0.361. The second-order valence-corrected chi connectivity index (χ2v) is 6.94. The molecule has 0 aromatic carbocycles. The molecule has 0 aliphatic heterocycles. The third-order valence-corrected chi connectivity index (χ3v) is 4.80. The Bertz CT molecular complexity index is 426. The van der Waals surface area contributed by atoms with Gasteiger partial charge in [0.15, 0.2) is 0 Å². The summed E-state index contributed by atoms with van der Waals surface area (Å²) in [7, 11) is 1.00. The van der Waals surface area contributed by atoms with Gasteiger partial charge in [-0.05, 0) is 6.08 Å². The second kappa shape index (κ2) is 14.3. The van der Waals surface area contributed by atoms with E-state index in [0.29, 0.717) is 5.67 Å². The fraction of sp³-hybridized carbons (Fsp3) is 0.333. The van der Waals surface area contributed by atoms with Gasteiger partial charge in [-0.3, -0.25) is 4.90 Å². The zero-order valence-electron chi connectivity index (χ0n) is 15.9. The van der Waals surface area contributed by atoms with Crippen LogP contribution >= 0.6 is 0 Å². The molecule has 138 valence electrons. The first-order chi connectivity index (χ1) is 12.1. The van der Waals surface area contributed by atoms with Crippen molar-refractivity contribution in [2.75, 3.05) is 39.3 Å². The number of hydrogen-bond donors (Lipinski definition) is 0. The molecule has 0 saturated heterocycles. The fourth-order valence-corrected chi connectivity index (χ4v) is 3.34. The quantitative estimate of drug-likeness (QED) is 0.310. The fourth-order valence-electron chi connectivity index (χ4n) is 2.62. The molecule has 0 fully saturated rings. The van der Waals surface area contributed by atoms with E-state index in [-0.39, 0.29) is 0 Å². The van der Waals surface area contributed by atoms with Crippen LogP contribution in [0, 0.1) is 0 Å². The van der Waals surface area contributed by atoms with Crippen molar-refractivity contribution in [2.24, 2.45) is 0 Å². The topological polar surface area (TPSA) is 9.72 Å². The number of nitrogens with zero attached hydrogens (tertiary/aromatic N) is 3. The third kappa shape index (κ3) is 8.56. The van der Waals surface area contributed by atoms with Gasteiger partial charge < -0.3 is 9.80 Å². The van der Waals surface area contributed by atoms with Crippen molar-refractivity contribution >= 4 is 10.2 Å². The van der Waals surface area contributed by atoms with Gasteiger partial charge in [-0.15, -0.1) is 39.5 Å². The van der Waals surface area contributed by atoms with Gasteiger partial charge in [-0.2, -0.15) is 0 Å². The van der Waals surface area contributed by atoms with Crippen molar-refractivity contribution in [1.29, 1.82) is 0 Å². The molecule has 0 rings (SSSR count). The van der Waals surface area contributed by atoms with E-state index in [1.807, 2.05) is 36.5 Å². The van der Waals surface area contributed by atoms with Crippen LogP contribution in [0.1, 0.15) is 0 Å². The Kier molecular flexibility index (Phi) is 13.1. The highest BCUT2D eigenvalue weighted by atomic mass is 28.1. The summed E-state index contributed by atoms with van der Waals surface area (Å²) in [6.07, 6.45) is 13.9. The van der Waals surface area contributed by atoms with Crippen molar-refractivity contribution in [3.8, 4) is 0 Å². The molecule has 0 heterocycles. The maximum Gasteiger partial charge on any atom is 0.102 e. The van der Waals surface area contributed by atoms with E-state index in [1.54, 1.807) is 0 Å². The van der Waals surface area contributed by atoms with Gasteiger partial charge in [-0.25, -0.2) is 0 Å². The van der Waals surface area contributed by atoms with Gasteiger partial charge in [0.25, 0.3) is 0 Å². The van der Waals surface area contributed by atoms with Crippen LogP contribution in [0.4, 0.5) is 0 Å². The number of rotatable bonds is 16. The Morgan fingerprint density at radius 2 is 0.960 bits per heavy atom. The van der Waals surface area contributed by atoms with E-state index < -0.39 is 0 Å². The van der Waals surface area contributed by atoms with Gasteiger partial charge in [-0.1, -0.05) is 36.5 Å². The monoisotopic (exact) mass is 357 g/mol. The van der Waals surface area contributed by atoms with Gasteiger partial charge in [0.1, 0.15) is 5.82 Å². The normalized spacial score (nSPS) is 11.2. The lowest BCUT2D eigenvalue weighted by atomic mass is 10.3. The molecule has 1 atom stereocenters. The molecule has 3 nitrogen and oxygen atoms in total. The molecule has 0 aliphatic rings. The van der Waals surface area contributed by atoms with Crippen molar-refractivity contribution in [2.45, 2.75) is 5.67 Å². The minimum atomic E-state index is 0.361. The highest BCUT2D eigenvalue weighted by Crippen LogP contribution is 2.14. The molecule has 0 N–H and O–H groups in total. The standard InChI is InChI=1S/C21H35N3Si/c1-7-13-22(14-8-2)20(23(15-9-3)16-10-4)19-21(25)24(17-11-5)18-12-6/h7-12,19,21H,1-6,13-18H2,25H3. The van der Waals surface area contributed by atoms with Gasteiger partial charge in [0.2, 0.25) is 0 Å². The van der Waals surface area contributed by atoms with Crippen LogP contribution in [-0.4, -0.2) is 69.9 Å². The summed E-state index contributed by atoms with van der Waals surface area (Å²) in [4.78, 5) is 6.92. The Labute approximate surface area is 158 Å². The van der Waals surface area contributed by atoms with Gasteiger partial charge in [0.05, 0.1) is 0 Å². The smallest absolute Gasteiger partial charge is 0.102 e. The van der Waals surface area contributed by atoms with Gasteiger partial charge in [0, 0.05) is 55.2 Å². The molecule has 0 aromatic heterocycles. The second-order valence-electron chi connectivity index (χ2n) is 5.76. The van der Waals surface area contributed by atoms with Crippen LogP contribution in [0.15, 0.2) is 87.8 Å². The first-order valence-electron chi connectivity index (χ1n) is 8.70.